The Bertz CT molecular complexity index is 548. The molecule has 1 aliphatic heterocycles. The van der Waals surface area contributed by atoms with Crippen LogP contribution >= 0.6 is 0 Å². The summed E-state index contributed by atoms with van der Waals surface area (Å²) in [7, 11) is 0. The summed E-state index contributed by atoms with van der Waals surface area (Å²) in [6.07, 6.45) is 1.44. The molecule has 2 unspecified atom stereocenters. The standard InChI is InChI=1S/C18H25NO2/c1-11(2)14-5-6-15-9-16(20)7-12(3)13(4)8-18(21)19-17(15)10-14/h5-6,10-13H,7-9H2,1-4H3,(H,19,21). The third kappa shape index (κ3) is 3.93. The number of Topliss-reactive ketones (excluding diaryl/α,β-unsaturated/α-hetero) is 1. The van der Waals surface area contributed by atoms with E-state index >= 15 is 0 Å². The Balaban J connectivity index is 2.36. The SMILES string of the molecule is CC(C)c1ccc2c(c1)NC(=O)CC(C)C(C)CC(=O)C2. The molecule has 1 aromatic carbocycles. The maximum atomic E-state index is 12.2. The van der Waals surface area contributed by atoms with Crippen LogP contribution in [-0.2, 0) is 16.0 Å². The van der Waals surface area contributed by atoms with E-state index in [0.29, 0.717) is 25.2 Å². The Hall–Kier alpha value is -1.64. The molecule has 21 heavy (non-hydrogen) atoms. The maximum absolute atomic E-state index is 12.2. The maximum Gasteiger partial charge on any atom is 0.224 e. The van der Waals surface area contributed by atoms with Crippen LogP contribution in [0.25, 0.3) is 0 Å². The first-order chi connectivity index (χ1) is 9.86. The lowest BCUT2D eigenvalue weighted by molar-refractivity contribution is -0.121. The van der Waals surface area contributed by atoms with E-state index in [-0.39, 0.29) is 23.5 Å². The Morgan fingerprint density at radius 1 is 1.10 bits per heavy atom. The third-order valence-electron chi connectivity index (χ3n) is 4.49. The molecule has 0 aliphatic carbocycles. The molecular weight excluding hydrogens is 262 g/mol. The molecule has 1 heterocycles. The van der Waals surface area contributed by atoms with Crippen molar-refractivity contribution in [2.24, 2.45) is 11.8 Å². The first-order valence-corrected chi connectivity index (χ1v) is 7.81. The normalized spacial score (nSPS) is 23.7. The molecule has 0 bridgehead atoms. The minimum Gasteiger partial charge on any atom is -0.326 e. The van der Waals surface area contributed by atoms with E-state index in [1.165, 1.54) is 5.56 Å². The van der Waals surface area contributed by atoms with Crippen molar-refractivity contribution in [3.8, 4) is 0 Å². The Labute approximate surface area is 127 Å². The molecule has 114 valence electrons. The number of ketones is 1. The summed E-state index contributed by atoms with van der Waals surface area (Å²) in [5.74, 6) is 1.18. The highest BCUT2D eigenvalue weighted by Gasteiger charge is 2.22. The molecule has 1 aromatic rings. The van der Waals surface area contributed by atoms with Crippen LogP contribution in [-0.4, -0.2) is 11.7 Å². The van der Waals surface area contributed by atoms with Crippen molar-refractivity contribution >= 4 is 17.4 Å². The number of amides is 1. The van der Waals surface area contributed by atoms with Crippen molar-refractivity contribution in [1.29, 1.82) is 0 Å². The van der Waals surface area contributed by atoms with Crippen molar-refractivity contribution in [2.75, 3.05) is 5.32 Å². The number of carbonyl (C=O) groups is 2. The second kappa shape index (κ2) is 6.42. The average Bonchev–Trinajstić information content (AvgIpc) is 2.39. The number of nitrogens with one attached hydrogen (secondary N) is 1. The topological polar surface area (TPSA) is 46.2 Å². The zero-order valence-corrected chi connectivity index (χ0v) is 13.4. The summed E-state index contributed by atoms with van der Waals surface area (Å²) in [6.45, 7) is 8.35. The van der Waals surface area contributed by atoms with E-state index in [4.69, 9.17) is 0 Å². The monoisotopic (exact) mass is 287 g/mol. The second-order valence-electron chi connectivity index (χ2n) is 6.70. The summed E-state index contributed by atoms with van der Waals surface area (Å²) < 4.78 is 0. The van der Waals surface area contributed by atoms with Gasteiger partial charge in [-0.1, -0.05) is 39.8 Å². The third-order valence-corrected chi connectivity index (χ3v) is 4.49. The van der Waals surface area contributed by atoms with Gasteiger partial charge in [-0.2, -0.15) is 0 Å². The van der Waals surface area contributed by atoms with E-state index in [2.05, 4.69) is 32.2 Å². The largest absolute Gasteiger partial charge is 0.326 e. The first kappa shape index (κ1) is 15.7. The quantitative estimate of drug-likeness (QED) is 0.850. The van der Waals surface area contributed by atoms with Gasteiger partial charge in [-0.3, -0.25) is 9.59 Å². The highest BCUT2D eigenvalue weighted by molar-refractivity contribution is 5.93. The van der Waals surface area contributed by atoms with Gasteiger partial charge in [0.05, 0.1) is 0 Å². The number of benzene rings is 1. The zero-order chi connectivity index (χ0) is 15.6. The van der Waals surface area contributed by atoms with Gasteiger partial charge in [0.25, 0.3) is 0 Å². The van der Waals surface area contributed by atoms with Crippen LogP contribution in [0.5, 0.6) is 0 Å². The highest BCUT2D eigenvalue weighted by Crippen LogP contribution is 2.27. The number of fused-ring (bicyclic) bond motifs is 1. The van der Waals surface area contributed by atoms with Crippen LogP contribution in [0.2, 0.25) is 0 Å². The molecule has 1 amide bonds. The van der Waals surface area contributed by atoms with Crippen molar-refractivity contribution in [1.82, 2.24) is 0 Å². The molecule has 1 N–H and O–H groups in total. The van der Waals surface area contributed by atoms with Crippen LogP contribution in [0.3, 0.4) is 0 Å². The molecule has 2 rings (SSSR count). The predicted octanol–water partition coefficient (Wildman–Crippen LogP) is 3.93. The molecule has 0 spiro atoms. The van der Waals surface area contributed by atoms with E-state index in [1.807, 2.05) is 19.1 Å². The number of hydrogen-bond acceptors (Lipinski definition) is 2. The van der Waals surface area contributed by atoms with Gasteiger partial charge in [-0.15, -0.1) is 0 Å². The molecule has 1 aliphatic rings. The summed E-state index contributed by atoms with van der Waals surface area (Å²) in [4.78, 5) is 24.4. The zero-order valence-electron chi connectivity index (χ0n) is 13.4. The van der Waals surface area contributed by atoms with E-state index < -0.39 is 0 Å². The van der Waals surface area contributed by atoms with Gasteiger partial charge in [0.15, 0.2) is 0 Å². The number of rotatable bonds is 1. The van der Waals surface area contributed by atoms with E-state index in [9.17, 15) is 9.59 Å². The van der Waals surface area contributed by atoms with Crippen LogP contribution in [0.4, 0.5) is 5.69 Å². The lowest BCUT2D eigenvalue weighted by atomic mass is 9.86. The van der Waals surface area contributed by atoms with Gasteiger partial charge < -0.3 is 5.32 Å². The highest BCUT2D eigenvalue weighted by atomic mass is 16.1. The van der Waals surface area contributed by atoms with Gasteiger partial charge in [-0.25, -0.2) is 0 Å². The molecule has 3 heteroatoms. The van der Waals surface area contributed by atoms with Crippen molar-refractivity contribution in [2.45, 2.75) is 52.9 Å². The lowest BCUT2D eigenvalue weighted by Crippen LogP contribution is -2.24. The Kier molecular flexibility index (Phi) is 4.81. The van der Waals surface area contributed by atoms with Gasteiger partial charge in [-0.05, 0) is 34.9 Å². The summed E-state index contributed by atoms with van der Waals surface area (Å²) in [5, 5.41) is 3.01. The van der Waals surface area contributed by atoms with Crippen molar-refractivity contribution in [3.05, 3.63) is 29.3 Å². The molecular formula is C18H25NO2. The lowest BCUT2D eigenvalue weighted by Gasteiger charge is -2.22. The minimum atomic E-state index is 0.0471. The number of hydrogen-bond donors (Lipinski definition) is 1. The fourth-order valence-electron chi connectivity index (χ4n) is 2.76. The number of anilines is 1. The Morgan fingerprint density at radius 3 is 2.43 bits per heavy atom. The van der Waals surface area contributed by atoms with E-state index in [0.717, 1.165) is 11.3 Å². The summed E-state index contributed by atoms with van der Waals surface area (Å²) in [5.41, 5.74) is 2.92. The van der Waals surface area contributed by atoms with Gasteiger partial charge >= 0.3 is 0 Å². The number of carbonyl (C=O) groups excluding carboxylic acids is 2. The fraction of sp³-hybridized carbons (Fsp3) is 0.556. The van der Waals surface area contributed by atoms with Gasteiger partial charge in [0.1, 0.15) is 5.78 Å². The van der Waals surface area contributed by atoms with Crippen LogP contribution in [0.1, 0.15) is 57.6 Å². The Morgan fingerprint density at radius 2 is 1.76 bits per heavy atom. The molecule has 0 aromatic heterocycles. The second-order valence-corrected chi connectivity index (χ2v) is 6.70. The van der Waals surface area contributed by atoms with Crippen molar-refractivity contribution in [3.63, 3.8) is 0 Å². The van der Waals surface area contributed by atoms with E-state index in [1.54, 1.807) is 0 Å². The molecule has 2 atom stereocenters. The molecule has 0 radical (unpaired) electrons. The smallest absolute Gasteiger partial charge is 0.224 e. The van der Waals surface area contributed by atoms with Gasteiger partial charge in [0.2, 0.25) is 5.91 Å². The van der Waals surface area contributed by atoms with Gasteiger partial charge in [0, 0.05) is 24.9 Å². The van der Waals surface area contributed by atoms with Crippen LogP contribution in [0.15, 0.2) is 18.2 Å². The molecule has 3 nitrogen and oxygen atoms in total. The molecule has 0 saturated carbocycles. The fourth-order valence-corrected chi connectivity index (χ4v) is 2.76. The average molecular weight is 287 g/mol. The van der Waals surface area contributed by atoms with Crippen LogP contribution < -0.4 is 5.32 Å². The minimum absolute atomic E-state index is 0.0471. The molecule has 0 fully saturated rings. The summed E-state index contributed by atoms with van der Waals surface area (Å²) in [6, 6.07) is 6.06. The van der Waals surface area contributed by atoms with Crippen molar-refractivity contribution < 1.29 is 9.59 Å². The predicted molar refractivity (Wildman–Crippen MR) is 85.4 cm³/mol. The van der Waals surface area contributed by atoms with Crippen LogP contribution in [0, 0.1) is 11.8 Å². The summed E-state index contributed by atoms with van der Waals surface area (Å²) >= 11 is 0. The first-order valence-electron chi connectivity index (χ1n) is 7.81. The molecule has 0 saturated heterocycles.